The van der Waals surface area contributed by atoms with E-state index < -0.39 is 11.7 Å². The van der Waals surface area contributed by atoms with E-state index in [2.05, 4.69) is 20.3 Å². The van der Waals surface area contributed by atoms with Gasteiger partial charge in [-0.1, -0.05) is 6.07 Å². The Labute approximate surface area is 111 Å². The summed E-state index contributed by atoms with van der Waals surface area (Å²) in [7, 11) is 0. The van der Waals surface area contributed by atoms with Gasteiger partial charge in [-0.3, -0.25) is 0 Å². The van der Waals surface area contributed by atoms with Gasteiger partial charge in [-0.05, 0) is 24.3 Å². The van der Waals surface area contributed by atoms with Gasteiger partial charge in [0.15, 0.2) is 0 Å². The van der Waals surface area contributed by atoms with Crippen LogP contribution >= 0.6 is 0 Å². The third-order valence-electron chi connectivity index (χ3n) is 2.81. The molecule has 2 N–H and O–H groups in total. The van der Waals surface area contributed by atoms with Crippen molar-refractivity contribution in [2.24, 2.45) is 0 Å². The van der Waals surface area contributed by atoms with Crippen molar-refractivity contribution in [3.63, 3.8) is 0 Å². The molecule has 0 spiro atoms. The lowest BCUT2D eigenvalue weighted by atomic mass is 10.2. The molecule has 0 aliphatic heterocycles. The van der Waals surface area contributed by atoms with Gasteiger partial charge >= 0.3 is 6.18 Å². The first kappa shape index (κ1) is 12.5. The summed E-state index contributed by atoms with van der Waals surface area (Å²) in [6.07, 6.45) is -1.34. The van der Waals surface area contributed by atoms with E-state index in [9.17, 15) is 13.2 Å². The van der Waals surface area contributed by atoms with E-state index in [4.69, 9.17) is 0 Å². The second-order valence-electron chi connectivity index (χ2n) is 4.17. The second kappa shape index (κ2) is 4.52. The van der Waals surface area contributed by atoms with E-state index in [1.54, 1.807) is 18.3 Å². The number of H-pyrrole nitrogens is 1. The zero-order valence-corrected chi connectivity index (χ0v) is 10.1. The third-order valence-corrected chi connectivity index (χ3v) is 2.81. The Morgan fingerprint density at radius 3 is 2.75 bits per heavy atom. The highest BCUT2D eigenvalue weighted by molar-refractivity contribution is 5.88. The molecule has 2 aromatic heterocycles. The fraction of sp³-hybridized carbons (Fsp3) is 0.0769. The number of fused-ring (bicyclic) bond motifs is 1. The summed E-state index contributed by atoms with van der Waals surface area (Å²) in [5, 5.41) is 3.59. The number of aromatic amines is 1. The molecular formula is C13H9F3N4. The zero-order valence-electron chi connectivity index (χ0n) is 10.1. The normalized spacial score (nSPS) is 11.8. The van der Waals surface area contributed by atoms with Crippen molar-refractivity contribution in [2.45, 2.75) is 6.18 Å². The van der Waals surface area contributed by atoms with Crippen molar-refractivity contribution in [1.29, 1.82) is 0 Å². The van der Waals surface area contributed by atoms with Crippen LogP contribution in [0, 0.1) is 0 Å². The number of hydrogen-bond acceptors (Lipinski definition) is 3. The number of alkyl halides is 3. The van der Waals surface area contributed by atoms with Crippen molar-refractivity contribution < 1.29 is 13.2 Å². The number of benzene rings is 1. The maximum Gasteiger partial charge on any atom is 0.416 e. The van der Waals surface area contributed by atoms with Crippen LogP contribution in [0.3, 0.4) is 0 Å². The molecule has 1 aromatic carbocycles. The number of anilines is 2. The van der Waals surface area contributed by atoms with Crippen molar-refractivity contribution in [3.05, 3.63) is 48.4 Å². The number of hydrogen-bond donors (Lipinski definition) is 2. The third kappa shape index (κ3) is 2.29. The number of aromatic nitrogens is 3. The Hall–Kier alpha value is -2.57. The summed E-state index contributed by atoms with van der Waals surface area (Å²) in [6, 6.07) is 6.72. The molecule has 20 heavy (non-hydrogen) atoms. The smallest absolute Gasteiger partial charge is 0.346 e. The largest absolute Gasteiger partial charge is 0.416 e. The van der Waals surface area contributed by atoms with Gasteiger partial charge in [0.05, 0.1) is 10.9 Å². The summed E-state index contributed by atoms with van der Waals surface area (Å²) >= 11 is 0. The second-order valence-corrected chi connectivity index (χ2v) is 4.17. The molecule has 102 valence electrons. The molecular weight excluding hydrogens is 269 g/mol. The molecule has 0 amide bonds. The Morgan fingerprint density at radius 1 is 1.10 bits per heavy atom. The highest BCUT2D eigenvalue weighted by Gasteiger charge is 2.30. The van der Waals surface area contributed by atoms with Gasteiger partial charge in [0.25, 0.3) is 0 Å². The standard InChI is InChI=1S/C13H9F3N4/c14-13(15,16)8-2-1-3-9(6-8)20-12-10-4-5-17-11(10)18-7-19-12/h1-7H,(H2,17,18,19,20). The Morgan fingerprint density at radius 2 is 1.95 bits per heavy atom. The molecule has 0 radical (unpaired) electrons. The van der Waals surface area contributed by atoms with Crippen LogP contribution in [0.4, 0.5) is 24.7 Å². The molecule has 0 fully saturated rings. The number of halogens is 3. The average Bonchev–Trinajstić information content (AvgIpc) is 2.87. The zero-order chi connectivity index (χ0) is 14.2. The number of nitrogens with one attached hydrogen (secondary N) is 2. The number of rotatable bonds is 2. The molecule has 3 rings (SSSR count). The predicted octanol–water partition coefficient (Wildman–Crippen LogP) is 3.72. The Balaban J connectivity index is 1.97. The topological polar surface area (TPSA) is 53.6 Å². The summed E-state index contributed by atoms with van der Waals surface area (Å²) in [5.41, 5.74) is 0.234. The Kier molecular flexibility index (Phi) is 2.81. The predicted molar refractivity (Wildman–Crippen MR) is 68.6 cm³/mol. The monoisotopic (exact) mass is 278 g/mol. The summed E-state index contributed by atoms with van der Waals surface area (Å²) in [6.45, 7) is 0. The lowest BCUT2D eigenvalue weighted by Gasteiger charge is -2.10. The Bertz CT molecular complexity index is 748. The molecule has 3 aromatic rings. The van der Waals surface area contributed by atoms with Crippen molar-refractivity contribution in [1.82, 2.24) is 15.0 Å². The molecule has 0 bridgehead atoms. The lowest BCUT2D eigenvalue weighted by molar-refractivity contribution is -0.137. The quantitative estimate of drug-likeness (QED) is 0.751. The first-order valence-corrected chi connectivity index (χ1v) is 5.76. The van der Waals surface area contributed by atoms with Gasteiger partial charge in [-0.15, -0.1) is 0 Å². The molecule has 0 saturated heterocycles. The molecule has 0 atom stereocenters. The highest BCUT2D eigenvalue weighted by Crippen LogP contribution is 2.31. The fourth-order valence-electron chi connectivity index (χ4n) is 1.88. The molecule has 0 unspecified atom stereocenters. The first-order valence-electron chi connectivity index (χ1n) is 5.76. The van der Waals surface area contributed by atoms with E-state index in [1.165, 1.54) is 12.4 Å². The molecule has 0 aliphatic carbocycles. The molecule has 0 saturated carbocycles. The van der Waals surface area contributed by atoms with Gasteiger partial charge in [0.2, 0.25) is 0 Å². The van der Waals surface area contributed by atoms with E-state index in [0.29, 0.717) is 22.5 Å². The maximum absolute atomic E-state index is 12.7. The first-order chi connectivity index (χ1) is 9.54. The van der Waals surface area contributed by atoms with Crippen LogP contribution in [-0.2, 0) is 6.18 Å². The maximum atomic E-state index is 12.7. The SMILES string of the molecule is FC(F)(F)c1cccc(Nc2ncnc3[nH]ccc23)c1. The summed E-state index contributed by atoms with van der Waals surface area (Å²) in [5.74, 6) is 0.454. The molecule has 0 aliphatic rings. The van der Waals surface area contributed by atoms with E-state index in [-0.39, 0.29) is 0 Å². The van der Waals surface area contributed by atoms with E-state index in [0.717, 1.165) is 12.1 Å². The highest BCUT2D eigenvalue weighted by atomic mass is 19.4. The minimum atomic E-state index is -4.37. The molecule has 2 heterocycles. The van der Waals surface area contributed by atoms with Crippen molar-refractivity contribution in [2.75, 3.05) is 5.32 Å². The average molecular weight is 278 g/mol. The lowest BCUT2D eigenvalue weighted by Crippen LogP contribution is -2.05. The van der Waals surface area contributed by atoms with E-state index >= 15 is 0 Å². The van der Waals surface area contributed by atoms with Crippen LogP contribution in [0.15, 0.2) is 42.9 Å². The van der Waals surface area contributed by atoms with Crippen LogP contribution in [0.1, 0.15) is 5.56 Å². The van der Waals surface area contributed by atoms with Crippen LogP contribution in [0.5, 0.6) is 0 Å². The van der Waals surface area contributed by atoms with Crippen LogP contribution in [0.2, 0.25) is 0 Å². The summed E-state index contributed by atoms with van der Waals surface area (Å²) in [4.78, 5) is 11.0. The minimum absolute atomic E-state index is 0.320. The van der Waals surface area contributed by atoms with Gasteiger partial charge in [-0.2, -0.15) is 13.2 Å². The van der Waals surface area contributed by atoms with Crippen LogP contribution in [-0.4, -0.2) is 15.0 Å². The van der Waals surface area contributed by atoms with E-state index in [1.807, 2.05) is 0 Å². The van der Waals surface area contributed by atoms with Crippen molar-refractivity contribution >= 4 is 22.5 Å². The van der Waals surface area contributed by atoms with Crippen molar-refractivity contribution in [3.8, 4) is 0 Å². The fourth-order valence-corrected chi connectivity index (χ4v) is 1.88. The number of nitrogens with zero attached hydrogens (tertiary/aromatic N) is 2. The van der Waals surface area contributed by atoms with Crippen LogP contribution < -0.4 is 5.32 Å². The molecule has 4 nitrogen and oxygen atoms in total. The van der Waals surface area contributed by atoms with Gasteiger partial charge < -0.3 is 10.3 Å². The van der Waals surface area contributed by atoms with Gasteiger partial charge in [-0.25, -0.2) is 9.97 Å². The minimum Gasteiger partial charge on any atom is -0.346 e. The van der Waals surface area contributed by atoms with Gasteiger partial charge in [0, 0.05) is 11.9 Å². The van der Waals surface area contributed by atoms with Crippen LogP contribution in [0.25, 0.3) is 11.0 Å². The van der Waals surface area contributed by atoms with Gasteiger partial charge in [0.1, 0.15) is 17.8 Å². The molecule has 7 heteroatoms. The summed E-state index contributed by atoms with van der Waals surface area (Å²) < 4.78 is 38.0.